The molecule has 1 radical (unpaired) electrons. The van der Waals surface area contributed by atoms with Gasteiger partial charge in [-0.05, 0) is 55.6 Å². The van der Waals surface area contributed by atoms with Crippen LogP contribution in [0.4, 0.5) is 18.9 Å². The lowest BCUT2D eigenvalue weighted by Gasteiger charge is -2.36. The minimum Gasteiger partial charge on any atom is -0.368 e. The molecule has 159 valence electrons. The normalized spacial score (nSPS) is 15.8. The maximum atomic E-state index is 12.6. The van der Waals surface area contributed by atoms with Crippen molar-refractivity contribution in [1.82, 2.24) is 9.88 Å². The van der Waals surface area contributed by atoms with Crippen LogP contribution in [0.2, 0.25) is 0 Å². The summed E-state index contributed by atoms with van der Waals surface area (Å²) in [5.74, 6) is 0. The highest BCUT2D eigenvalue weighted by molar-refractivity contribution is 7.17. The van der Waals surface area contributed by atoms with Crippen LogP contribution in [0, 0.1) is 5.51 Å². The fraction of sp³-hybridized carbons (Fsp3) is 0.435. The first kappa shape index (κ1) is 21.1. The molecule has 1 aromatic heterocycles. The van der Waals surface area contributed by atoms with Crippen molar-refractivity contribution < 1.29 is 13.2 Å². The van der Waals surface area contributed by atoms with E-state index in [-0.39, 0.29) is 0 Å². The van der Waals surface area contributed by atoms with E-state index in [1.165, 1.54) is 22.5 Å². The lowest BCUT2D eigenvalue weighted by molar-refractivity contribution is -0.137. The Morgan fingerprint density at radius 2 is 1.70 bits per heavy atom. The van der Waals surface area contributed by atoms with Gasteiger partial charge in [0.2, 0.25) is 0 Å². The van der Waals surface area contributed by atoms with Crippen molar-refractivity contribution in [3.05, 3.63) is 59.1 Å². The van der Waals surface area contributed by atoms with E-state index in [9.17, 15) is 13.2 Å². The molecule has 1 aliphatic heterocycles. The number of rotatable bonds is 7. The molecule has 0 spiro atoms. The first-order chi connectivity index (χ1) is 14.5. The van der Waals surface area contributed by atoms with Gasteiger partial charge in [0.15, 0.2) is 5.51 Å². The van der Waals surface area contributed by atoms with Gasteiger partial charge in [0.1, 0.15) is 0 Å². The predicted molar refractivity (Wildman–Crippen MR) is 116 cm³/mol. The van der Waals surface area contributed by atoms with Crippen molar-refractivity contribution >= 4 is 27.2 Å². The lowest BCUT2D eigenvalue weighted by atomic mass is 10.0. The quantitative estimate of drug-likeness (QED) is 0.450. The van der Waals surface area contributed by atoms with Gasteiger partial charge in [-0.1, -0.05) is 24.6 Å². The van der Waals surface area contributed by atoms with Crippen LogP contribution in [0.3, 0.4) is 0 Å². The van der Waals surface area contributed by atoms with Crippen LogP contribution in [-0.2, 0) is 12.6 Å². The Kier molecular flexibility index (Phi) is 6.58. The van der Waals surface area contributed by atoms with Crippen molar-refractivity contribution in [2.45, 2.75) is 31.9 Å². The number of hydrogen-bond acceptors (Lipinski definition) is 4. The van der Waals surface area contributed by atoms with Crippen molar-refractivity contribution in [3.8, 4) is 0 Å². The molecule has 0 bridgehead atoms. The summed E-state index contributed by atoms with van der Waals surface area (Å²) in [5, 5.41) is 0. The zero-order chi connectivity index (χ0) is 21.0. The van der Waals surface area contributed by atoms with E-state index in [0.717, 1.165) is 69.5 Å². The molecule has 0 N–H and O–H groups in total. The van der Waals surface area contributed by atoms with E-state index in [1.54, 1.807) is 23.5 Å². The zero-order valence-corrected chi connectivity index (χ0v) is 17.6. The van der Waals surface area contributed by atoms with Gasteiger partial charge in [0, 0.05) is 26.2 Å². The molecule has 1 fully saturated rings. The fourth-order valence-corrected chi connectivity index (χ4v) is 4.74. The predicted octanol–water partition coefficient (Wildman–Crippen LogP) is 5.65. The summed E-state index contributed by atoms with van der Waals surface area (Å²) in [6.07, 6.45) is -0.192. The maximum Gasteiger partial charge on any atom is 0.416 e. The third-order valence-electron chi connectivity index (χ3n) is 5.72. The van der Waals surface area contributed by atoms with E-state index in [2.05, 4.69) is 32.4 Å². The minimum absolute atomic E-state index is 0.574. The number of thiazole rings is 1. The van der Waals surface area contributed by atoms with Crippen LogP contribution in [-0.4, -0.2) is 42.6 Å². The fourth-order valence-electron chi connectivity index (χ4n) is 3.99. The van der Waals surface area contributed by atoms with E-state index in [0.29, 0.717) is 0 Å². The Labute approximate surface area is 179 Å². The second-order valence-electron chi connectivity index (χ2n) is 7.76. The summed E-state index contributed by atoms with van der Waals surface area (Å²) in [4.78, 5) is 9.24. The molecule has 0 aliphatic carbocycles. The number of alkyl halides is 3. The van der Waals surface area contributed by atoms with E-state index >= 15 is 0 Å². The molecule has 3 aromatic rings. The smallest absolute Gasteiger partial charge is 0.368 e. The number of hydrogen-bond donors (Lipinski definition) is 0. The van der Waals surface area contributed by atoms with Gasteiger partial charge in [0.25, 0.3) is 0 Å². The molecule has 0 saturated carbocycles. The van der Waals surface area contributed by atoms with Gasteiger partial charge >= 0.3 is 6.18 Å². The van der Waals surface area contributed by atoms with Crippen LogP contribution >= 0.6 is 11.3 Å². The maximum absolute atomic E-state index is 12.6. The van der Waals surface area contributed by atoms with Gasteiger partial charge in [-0.25, -0.2) is 4.98 Å². The first-order valence-corrected chi connectivity index (χ1v) is 11.2. The van der Waals surface area contributed by atoms with Crippen molar-refractivity contribution in [2.24, 2.45) is 0 Å². The number of halogens is 3. The second-order valence-corrected chi connectivity index (χ2v) is 8.56. The van der Waals surface area contributed by atoms with Gasteiger partial charge in [-0.15, -0.1) is 11.3 Å². The molecular formula is C23H25F3N3S. The average Bonchev–Trinajstić information content (AvgIpc) is 3.23. The molecule has 4 rings (SSSR count). The highest BCUT2D eigenvalue weighted by atomic mass is 32.1. The number of unbranched alkanes of at least 4 members (excludes halogenated alkanes) is 2. The zero-order valence-electron chi connectivity index (χ0n) is 16.8. The number of aromatic nitrogens is 1. The van der Waals surface area contributed by atoms with Crippen LogP contribution in [0.15, 0.2) is 42.5 Å². The van der Waals surface area contributed by atoms with Crippen LogP contribution in [0.25, 0.3) is 10.2 Å². The number of anilines is 1. The summed E-state index contributed by atoms with van der Waals surface area (Å²) >= 11 is 1.58. The van der Waals surface area contributed by atoms with Gasteiger partial charge in [-0.2, -0.15) is 13.2 Å². The number of nitrogens with zero attached hydrogens (tertiary/aromatic N) is 3. The standard InChI is InChI=1S/C23H25F3N3S/c24-23(25,26)19-10-8-18(9-11-19)5-2-1-3-12-28-13-15-29(16-14-28)21-7-4-6-20-22(21)30-17-27-20/h4,6-11H,1-3,5,12-16H2. The van der Waals surface area contributed by atoms with Crippen molar-refractivity contribution in [2.75, 3.05) is 37.6 Å². The van der Waals surface area contributed by atoms with Gasteiger partial charge in [0.05, 0.1) is 21.5 Å². The lowest BCUT2D eigenvalue weighted by Crippen LogP contribution is -2.46. The molecule has 0 amide bonds. The largest absolute Gasteiger partial charge is 0.416 e. The van der Waals surface area contributed by atoms with Gasteiger partial charge < -0.3 is 4.90 Å². The summed E-state index contributed by atoms with van der Waals surface area (Å²) in [7, 11) is 0. The summed E-state index contributed by atoms with van der Waals surface area (Å²) < 4.78 is 39.1. The van der Waals surface area contributed by atoms with Crippen LogP contribution in [0.1, 0.15) is 30.4 Å². The molecule has 2 aromatic carbocycles. The first-order valence-electron chi connectivity index (χ1n) is 10.4. The average molecular weight is 433 g/mol. The molecule has 7 heteroatoms. The summed E-state index contributed by atoms with van der Waals surface area (Å²) in [6, 6.07) is 11.8. The molecule has 0 unspecified atom stereocenters. The second kappa shape index (κ2) is 9.35. The molecule has 3 nitrogen and oxygen atoms in total. The Bertz CT molecular complexity index is 944. The third-order valence-corrected chi connectivity index (χ3v) is 6.53. The molecule has 1 saturated heterocycles. The molecule has 2 heterocycles. The van der Waals surface area contributed by atoms with Gasteiger partial charge in [-0.3, -0.25) is 4.90 Å². The number of benzene rings is 2. The highest BCUT2D eigenvalue weighted by Crippen LogP contribution is 2.30. The molecule has 30 heavy (non-hydrogen) atoms. The topological polar surface area (TPSA) is 19.4 Å². The third kappa shape index (κ3) is 5.13. The summed E-state index contributed by atoms with van der Waals surface area (Å²) in [5.41, 5.74) is 5.68. The number of piperazine rings is 1. The highest BCUT2D eigenvalue weighted by Gasteiger charge is 2.29. The number of aryl methyl sites for hydroxylation is 1. The monoisotopic (exact) mass is 432 g/mol. The van der Waals surface area contributed by atoms with Crippen molar-refractivity contribution in [1.29, 1.82) is 0 Å². The molecule has 0 atom stereocenters. The SMILES string of the molecule is FC(F)(F)c1ccc(CCCCCN2CCN(c3cccc4n[c]sc34)CC2)cc1. The van der Waals surface area contributed by atoms with E-state index < -0.39 is 11.7 Å². The Morgan fingerprint density at radius 1 is 0.933 bits per heavy atom. The minimum atomic E-state index is -4.26. The van der Waals surface area contributed by atoms with E-state index in [4.69, 9.17) is 0 Å². The van der Waals surface area contributed by atoms with E-state index in [1.807, 2.05) is 6.07 Å². The Hall–Kier alpha value is -2.12. The van der Waals surface area contributed by atoms with Crippen LogP contribution < -0.4 is 4.90 Å². The molecular weight excluding hydrogens is 407 g/mol. The number of fused-ring (bicyclic) bond motifs is 1. The Balaban J connectivity index is 1.16. The molecule has 1 aliphatic rings. The van der Waals surface area contributed by atoms with Crippen molar-refractivity contribution in [3.63, 3.8) is 0 Å². The summed E-state index contributed by atoms with van der Waals surface area (Å²) in [6.45, 7) is 5.22. The van der Waals surface area contributed by atoms with Crippen LogP contribution in [0.5, 0.6) is 0 Å². The Morgan fingerprint density at radius 3 is 2.43 bits per heavy atom.